The zero-order chi connectivity index (χ0) is 17.4. The second-order valence-electron chi connectivity index (χ2n) is 6.24. The Bertz CT molecular complexity index is 845. The minimum atomic E-state index is -0.0777. The van der Waals surface area contributed by atoms with Crippen molar-refractivity contribution in [3.8, 4) is 0 Å². The summed E-state index contributed by atoms with van der Waals surface area (Å²) in [7, 11) is 0. The van der Waals surface area contributed by atoms with Crippen molar-refractivity contribution in [3.05, 3.63) is 63.7 Å². The van der Waals surface area contributed by atoms with Crippen LogP contribution >= 0.6 is 11.6 Å². The van der Waals surface area contributed by atoms with Crippen LogP contribution in [0.2, 0.25) is 5.02 Å². The molecule has 0 fully saturated rings. The molecule has 0 saturated heterocycles. The maximum Gasteiger partial charge on any atom is 0.239 e. The van der Waals surface area contributed by atoms with E-state index < -0.39 is 0 Å². The number of carbonyl (C=O) groups is 1. The number of nitrogens with zero attached hydrogens (tertiary/aromatic N) is 2. The number of nitrogens with two attached hydrogens (primary N) is 1. The Morgan fingerprint density at radius 3 is 2.71 bits per heavy atom. The quantitative estimate of drug-likeness (QED) is 0.802. The molecule has 0 aliphatic carbocycles. The first-order valence-electron chi connectivity index (χ1n) is 7.90. The van der Waals surface area contributed by atoms with E-state index in [9.17, 15) is 4.79 Å². The van der Waals surface area contributed by atoms with E-state index in [-0.39, 0.29) is 11.9 Å². The van der Waals surface area contributed by atoms with Crippen LogP contribution < -0.4 is 5.73 Å². The number of fused-ring (bicyclic) bond motifs is 1. The lowest BCUT2D eigenvalue weighted by molar-refractivity contribution is -0.130. The molecule has 3 rings (SSSR count). The SMILES string of the molecule is CC(=O)N1N=C(c2ccc(N)c(C)c2)c2cc(Cl)ccc2C[C@H]1C. The first-order valence-corrected chi connectivity index (χ1v) is 8.28. The minimum Gasteiger partial charge on any atom is -0.399 e. The summed E-state index contributed by atoms with van der Waals surface area (Å²) in [4.78, 5) is 12.1. The molecule has 0 unspecified atom stereocenters. The number of nitrogen functional groups attached to an aromatic ring is 1. The van der Waals surface area contributed by atoms with Gasteiger partial charge in [0.25, 0.3) is 0 Å². The highest BCUT2D eigenvalue weighted by molar-refractivity contribution is 6.31. The van der Waals surface area contributed by atoms with Crippen molar-refractivity contribution in [2.24, 2.45) is 5.10 Å². The molecule has 1 atom stereocenters. The Labute approximate surface area is 146 Å². The maximum absolute atomic E-state index is 12.1. The molecule has 2 aromatic carbocycles. The van der Waals surface area contributed by atoms with Crippen LogP contribution in [0.15, 0.2) is 41.5 Å². The molecule has 24 heavy (non-hydrogen) atoms. The second kappa shape index (κ2) is 6.29. The number of amides is 1. The Morgan fingerprint density at radius 2 is 2.04 bits per heavy atom. The van der Waals surface area contributed by atoms with Crippen LogP contribution in [-0.2, 0) is 11.2 Å². The normalized spacial score (nSPS) is 17.1. The van der Waals surface area contributed by atoms with Crippen molar-refractivity contribution >= 4 is 28.9 Å². The number of hydrogen-bond donors (Lipinski definition) is 1. The van der Waals surface area contributed by atoms with E-state index in [2.05, 4.69) is 5.10 Å². The van der Waals surface area contributed by atoms with Gasteiger partial charge in [-0.2, -0.15) is 5.10 Å². The molecule has 1 heterocycles. The molecular formula is C19H20ClN3O. The lowest BCUT2D eigenvalue weighted by Crippen LogP contribution is -2.33. The van der Waals surface area contributed by atoms with Crippen molar-refractivity contribution in [2.75, 3.05) is 5.73 Å². The first-order chi connectivity index (χ1) is 11.4. The zero-order valence-corrected chi connectivity index (χ0v) is 14.8. The number of rotatable bonds is 1. The molecule has 0 bridgehead atoms. The molecule has 2 aromatic rings. The molecular weight excluding hydrogens is 322 g/mol. The fraction of sp³-hybridized carbons (Fsp3) is 0.263. The number of benzene rings is 2. The van der Waals surface area contributed by atoms with Crippen LogP contribution in [0.1, 0.15) is 36.1 Å². The van der Waals surface area contributed by atoms with Crippen LogP contribution in [0.25, 0.3) is 0 Å². The van der Waals surface area contributed by atoms with Gasteiger partial charge in [-0.15, -0.1) is 0 Å². The third-order valence-electron chi connectivity index (χ3n) is 4.33. The van der Waals surface area contributed by atoms with E-state index in [0.717, 1.165) is 40.1 Å². The summed E-state index contributed by atoms with van der Waals surface area (Å²) < 4.78 is 0. The Kier molecular flexibility index (Phi) is 4.33. The lowest BCUT2D eigenvalue weighted by Gasteiger charge is -2.21. The monoisotopic (exact) mass is 341 g/mol. The number of anilines is 1. The highest BCUT2D eigenvalue weighted by atomic mass is 35.5. The fourth-order valence-electron chi connectivity index (χ4n) is 3.03. The third-order valence-corrected chi connectivity index (χ3v) is 4.57. The molecule has 4 nitrogen and oxygen atoms in total. The summed E-state index contributed by atoms with van der Waals surface area (Å²) in [6.45, 7) is 5.50. The molecule has 1 aliphatic rings. The van der Waals surface area contributed by atoms with Gasteiger partial charge in [0.05, 0.1) is 11.8 Å². The van der Waals surface area contributed by atoms with Gasteiger partial charge in [-0.25, -0.2) is 5.01 Å². The first kappa shape index (κ1) is 16.5. The van der Waals surface area contributed by atoms with E-state index in [0.29, 0.717) is 5.02 Å². The van der Waals surface area contributed by atoms with Crippen molar-refractivity contribution in [1.29, 1.82) is 0 Å². The Morgan fingerprint density at radius 1 is 1.29 bits per heavy atom. The van der Waals surface area contributed by atoms with E-state index >= 15 is 0 Å². The van der Waals surface area contributed by atoms with Gasteiger partial charge in [0.1, 0.15) is 0 Å². The van der Waals surface area contributed by atoms with Crippen molar-refractivity contribution in [1.82, 2.24) is 5.01 Å². The van der Waals surface area contributed by atoms with E-state index in [1.54, 1.807) is 5.01 Å². The molecule has 124 valence electrons. The van der Waals surface area contributed by atoms with Crippen molar-refractivity contribution in [3.63, 3.8) is 0 Å². The molecule has 0 radical (unpaired) electrons. The summed E-state index contributed by atoms with van der Waals surface area (Å²) in [5.74, 6) is -0.0777. The van der Waals surface area contributed by atoms with Crippen molar-refractivity contribution in [2.45, 2.75) is 33.2 Å². The molecule has 0 aromatic heterocycles. The van der Waals surface area contributed by atoms with E-state index in [4.69, 9.17) is 17.3 Å². The van der Waals surface area contributed by atoms with Crippen LogP contribution in [0.5, 0.6) is 0 Å². The zero-order valence-electron chi connectivity index (χ0n) is 14.0. The predicted molar refractivity (Wildman–Crippen MR) is 98.4 cm³/mol. The van der Waals surface area contributed by atoms with E-state index in [1.807, 2.05) is 50.2 Å². The highest BCUT2D eigenvalue weighted by Crippen LogP contribution is 2.27. The Balaban J connectivity index is 2.25. The number of hydrazone groups is 1. The van der Waals surface area contributed by atoms with Gasteiger partial charge in [0.15, 0.2) is 0 Å². The molecule has 2 N–H and O–H groups in total. The van der Waals surface area contributed by atoms with Crippen LogP contribution in [0.4, 0.5) is 5.69 Å². The van der Waals surface area contributed by atoms with Crippen LogP contribution in [0, 0.1) is 6.92 Å². The molecule has 1 amide bonds. The number of halogens is 1. The number of carbonyl (C=O) groups excluding carboxylic acids is 1. The van der Waals surface area contributed by atoms with Gasteiger partial charge < -0.3 is 5.73 Å². The largest absolute Gasteiger partial charge is 0.399 e. The van der Waals surface area contributed by atoms with Gasteiger partial charge in [-0.3, -0.25) is 4.79 Å². The second-order valence-corrected chi connectivity index (χ2v) is 6.67. The average Bonchev–Trinajstić information content (AvgIpc) is 2.66. The summed E-state index contributed by atoms with van der Waals surface area (Å²) >= 11 is 6.22. The third kappa shape index (κ3) is 3.02. The smallest absolute Gasteiger partial charge is 0.239 e. The number of hydrogen-bond acceptors (Lipinski definition) is 3. The van der Waals surface area contributed by atoms with Crippen LogP contribution in [0.3, 0.4) is 0 Å². The molecule has 1 aliphatic heterocycles. The lowest BCUT2D eigenvalue weighted by atomic mass is 9.94. The van der Waals surface area contributed by atoms with Gasteiger partial charge in [0, 0.05) is 28.8 Å². The summed E-state index contributed by atoms with van der Waals surface area (Å²) in [5, 5.41) is 6.88. The maximum atomic E-state index is 12.1. The summed E-state index contributed by atoms with van der Waals surface area (Å²) in [6, 6.07) is 11.6. The summed E-state index contributed by atoms with van der Waals surface area (Å²) in [6.07, 6.45) is 0.729. The number of aryl methyl sites for hydroxylation is 1. The summed E-state index contributed by atoms with van der Waals surface area (Å²) in [5.41, 5.74) is 11.4. The molecule has 0 spiro atoms. The molecule has 0 saturated carbocycles. The van der Waals surface area contributed by atoms with E-state index in [1.165, 1.54) is 6.92 Å². The average molecular weight is 342 g/mol. The van der Waals surface area contributed by atoms with Gasteiger partial charge in [0.2, 0.25) is 5.91 Å². The standard InChI is InChI=1S/C19H20ClN3O/c1-11-8-15(5-7-18(11)21)19-17-10-16(20)6-4-14(17)9-12(2)23(22-19)13(3)24/h4-8,10,12H,9,21H2,1-3H3/t12-/m1/s1. The molecule has 5 heteroatoms. The Hall–Kier alpha value is -2.33. The topological polar surface area (TPSA) is 58.7 Å². The van der Waals surface area contributed by atoms with Gasteiger partial charge in [-0.05, 0) is 55.7 Å². The van der Waals surface area contributed by atoms with Crippen molar-refractivity contribution < 1.29 is 4.79 Å². The fourth-order valence-corrected chi connectivity index (χ4v) is 3.20. The minimum absolute atomic E-state index is 0.0187. The van der Waals surface area contributed by atoms with Gasteiger partial charge in [-0.1, -0.05) is 23.7 Å². The van der Waals surface area contributed by atoms with Gasteiger partial charge >= 0.3 is 0 Å². The predicted octanol–water partition coefficient (Wildman–Crippen LogP) is 3.78. The highest BCUT2D eigenvalue weighted by Gasteiger charge is 2.25. The van der Waals surface area contributed by atoms with Crippen LogP contribution in [-0.4, -0.2) is 22.7 Å².